The average Bonchev–Trinajstić information content (AvgIpc) is 3.16. The van der Waals surface area contributed by atoms with E-state index >= 15 is 0 Å². The van der Waals surface area contributed by atoms with E-state index in [-0.39, 0.29) is 6.04 Å². The molecule has 3 aromatic rings. The van der Waals surface area contributed by atoms with E-state index in [4.69, 9.17) is 0 Å². The van der Waals surface area contributed by atoms with Gasteiger partial charge in [-0.1, -0.05) is 6.07 Å². The molecule has 8 heteroatoms. The van der Waals surface area contributed by atoms with Gasteiger partial charge in [0.05, 0.1) is 12.6 Å². The van der Waals surface area contributed by atoms with Crippen LogP contribution in [-0.4, -0.2) is 31.7 Å². The summed E-state index contributed by atoms with van der Waals surface area (Å²) in [6.07, 6.45) is 0. The Bertz CT molecular complexity index is 797. The SMILES string of the molecule is Fc1cc(F)cc(C2c3nnnn3CCN2Cc2cccs2)c1. The van der Waals surface area contributed by atoms with E-state index in [1.807, 2.05) is 17.5 Å². The van der Waals surface area contributed by atoms with Gasteiger partial charge in [-0.3, -0.25) is 4.90 Å². The van der Waals surface area contributed by atoms with Crippen molar-refractivity contribution in [1.29, 1.82) is 0 Å². The molecule has 0 amide bonds. The van der Waals surface area contributed by atoms with E-state index in [1.54, 1.807) is 16.0 Å². The van der Waals surface area contributed by atoms with Gasteiger partial charge in [-0.05, 0) is 39.6 Å². The number of thiophene rings is 1. The number of rotatable bonds is 3. The zero-order valence-electron chi connectivity index (χ0n) is 12.1. The number of hydrogen-bond acceptors (Lipinski definition) is 5. The number of fused-ring (bicyclic) bond motifs is 1. The van der Waals surface area contributed by atoms with Crippen LogP contribution in [0.5, 0.6) is 0 Å². The normalized spacial score (nSPS) is 18.1. The van der Waals surface area contributed by atoms with Gasteiger partial charge in [0.15, 0.2) is 5.82 Å². The van der Waals surface area contributed by atoms with Crippen LogP contribution in [0.2, 0.25) is 0 Å². The third-order valence-electron chi connectivity index (χ3n) is 3.91. The molecule has 0 aliphatic carbocycles. The smallest absolute Gasteiger partial charge is 0.173 e. The molecule has 1 aromatic carbocycles. The number of tetrazole rings is 1. The topological polar surface area (TPSA) is 46.8 Å². The van der Waals surface area contributed by atoms with E-state index in [1.165, 1.54) is 17.0 Å². The lowest BCUT2D eigenvalue weighted by Gasteiger charge is -2.34. The second-order valence-corrected chi connectivity index (χ2v) is 6.45. The van der Waals surface area contributed by atoms with Crippen molar-refractivity contribution in [3.05, 3.63) is 63.6 Å². The van der Waals surface area contributed by atoms with Crippen LogP contribution in [0.4, 0.5) is 8.78 Å². The minimum absolute atomic E-state index is 0.369. The summed E-state index contributed by atoms with van der Waals surface area (Å²) in [6, 6.07) is 7.24. The Kier molecular flexibility index (Phi) is 3.62. The van der Waals surface area contributed by atoms with Crippen molar-refractivity contribution in [2.45, 2.75) is 19.1 Å². The van der Waals surface area contributed by atoms with Gasteiger partial charge in [0.2, 0.25) is 0 Å². The van der Waals surface area contributed by atoms with Crippen LogP contribution < -0.4 is 0 Å². The van der Waals surface area contributed by atoms with Crippen molar-refractivity contribution in [2.75, 3.05) is 6.54 Å². The summed E-state index contributed by atoms with van der Waals surface area (Å²) in [4.78, 5) is 3.33. The molecule has 0 bridgehead atoms. The molecule has 4 rings (SSSR count). The summed E-state index contributed by atoms with van der Waals surface area (Å²) in [6.45, 7) is 2.05. The molecule has 118 valence electrons. The first-order valence-corrected chi connectivity index (χ1v) is 8.07. The van der Waals surface area contributed by atoms with Crippen molar-refractivity contribution in [3.8, 4) is 0 Å². The van der Waals surface area contributed by atoms with Crippen LogP contribution in [0, 0.1) is 11.6 Å². The molecular formula is C15H13F2N5S. The average molecular weight is 333 g/mol. The van der Waals surface area contributed by atoms with Gasteiger partial charge in [-0.25, -0.2) is 13.5 Å². The van der Waals surface area contributed by atoms with Crippen LogP contribution in [-0.2, 0) is 13.1 Å². The molecule has 23 heavy (non-hydrogen) atoms. The number of aromatic nitrogens is 4. The van der Waals surface area contributed by atoms with Crippen molar-refractivity contribution >= 4 is 11.3 Å². The fourth-order valence-electron chi connectivity index (χ4n) is 2.95. The van der Waals surface area contributed by atoms with Gasteiger partial charge < -0.3 is 0 Å². The molecular weight excluding hydrogens is 320 g/mol. The van der Waals surface area contributed by atoms with Crippen LogP contribution in [0.15, 0.2) is 35.7 Å². The summed E-state index contributed by atoms with van der Waals surface area (Å²) in [5.74, 6) is -0.584. The lowest BCUT2D eigenvalue weighted by atomic mass is 10.0. The minimum atomic E-state index is -0.597. The largest absolute Gasteiger partial charge is 0.283 e. The first-order valence-electron chi connectivity index (χ1n) is 7.19. The number of hydrogen-bond donors (Lipinski definition) is 0. The minimum Gasteiger partial charge on any atom is -0.283 e. The standard InChI is InChI=1S/C15H13F2N5S/c16-11-6-10(7-12(17)8-11)14-15-18-19-20-22(15)4-3-21(14)9-13-2-1-5-23-13/h1-2,5-8,14H,3-4,9H2. The second kappa shape index (κ2) is 5.78. The molecule has 1 aliphatic heterocycles. The third-order valence-corrected chi connectivity index (χ3v) is 4.77. The second-order valence-electron chi connectivity index (χ2n) is 5.42. The molecule has 0 radical (unpaired) electrons. The Morgan fingerprint density at radius 1 is 1.17 bits per heavy atom. The predicted molar refractivity (Wildman–Crippen MR) is 80.7 cm³/mol. The highest BCUT2D eigenvalue weighted by Gasteiger charge is 2.32. The van der Waals surface area contributed by atoms with Crippen molar-refractivity contribution < 1.29 is 8.78 Å². The van der Waals surface area contributed by atoms with Gasteiger partial charge in [-0.15, -0.1) is 16.4 Å². The first-order chi connectivity index (χ1) is 11.2. The zero-order valence-corrected chi connectivity index (χ0v) is 12.9. The Morgan fingerprint density at radius 3 is 2.74 bits per heavy atom. The monoisotopic (exact) mass is 333 g/mol. The van der Waals surface area contributed by atoms with Crippen molar-refractivity contribution in [2.24, 2.45) is 0 Å². The van der Waals surface area contributed by atoms with E-state index < -0.39 is 11.6 Å². The molecule has 0 spiro atoms. The summed E-state index contributed by atoms with van der Waals surface area (Å²) in [7, 11) is 0. The molecule has 1 unspecified atom stereocenters. The molecule has 3 heterocycles. The third kappa shape index (κ3) is 2.75. The highest BCUT2D eigenvalue weighted by molar-refractivity contribution is 7.09. The van der Waals surface area contributed by atoms with E-state index in [9.17, 15) is 8.78 Å². The van der Waals surface area contributed by atoms with E-state index in [2.05, 4.69) is 20.4 Å². The van der Waals surface area contributed by atoms with Crippen LogP contribution in [0.25, 0.3) is 0 Å². The van der Waals surface area contributed by atoms with Gasteiger partial charge >= 0.3 is 0 Å². The fraction of sp³-hybridized carbons (Fsp3) is 0.267. The van der Waals surface area contributed by atoms with E-state index in [0.29, 0.717) is 31.0 Å². The zero-order chi connectivity index (χ0) is 15.8. The van der Waals surface area contributed by atoms with Crippen LogP contribution >= 0.6 is 11.3 Å². The Balaban J connectivity index is 1.77. The van der Waals surface area contributed by atoms with Crippen LogP contribution in [0.3, 0.4) is 0 Å². The molecule has 0 saturated heterocycles. The molecule has 1 aliphatic rings. The highest BCUT2D eigenvalue weighted by Crippen LogP contribution is 2.32. The fourth-order valence-corrected chi connectivity index (χ4v) is 3.68. The molecule has 5 nitrogen and oxygen atoms in total. The van der Waals surface area contributed by atoms with Crippen molar-refractivity contribution in [1.82, 2.24) is 25.1 Å². The number of benzene rings is 1. The number of nitrogens with zero attached hydrogens (tertiary/aromatic N) is 5. The lowest BCUT2D eigenvalue weighted by Crippen LogP contribution is -2.38. The lowest BCUT2D eigenvalue weighted by molar-refractivity contribution is 0.165. The maximum atomic E-state index is 13.7. The van der Waals surface area contributed by atoms with Gasteiger partial charge in [-0.2, -0.15) is 0 Å². The predicted octanol–water partition coefficient (Wildman–Crippen LogP) is 2.62. The molecule has 0 N–H and O–H groups in total. The first kappa shape index (κ1) is 14.4. The maximum absolute atomic E-state index is 13.7. The van der Waals surface area contributed by atoms with Gasteiger partial charge in [0.25, 0.3) is 0 Å². The van der Waals surface area contributed by atoms with E-state index in [0.717, 1.165) is 6.07 Å². The van der Waals surface area contributed by atoms with Crippen LogP contribution in [0.1, 0.15) is 22.3 Å². The summed E-state index contributed by atoms with van der Waals surface area (Å²) in [5.41, 5.74) is 0.523. The van der Waals surface area contributed by atoms with Crippen molar-refractivity contribution in [3.63, 3.8) is 0 Å². The number of halogens is 2. The Labute approximate surface area is 135 Å². The molecule has 2 aromatic heterocycles. The van der Waals surface area contributed by atoms with Gasteiger partial charge in [0, 0.05) is 24.0 Å². The molecule has 0 fully saturated rings. The van der Waals surface area contributed by atoms with Gasteiger partial charge in [0.1, 0.15) is 11.6 Å². The molecule has 0 saturated carbocycles. The summed E-state index contributed by atoms with van der Waals surface area (Å²) >= 11 is 1.66. The highest BCUT2D eigenvalue weighted by atomic mass is 32.1. The quantitative estimate of drug-likeness (QED) is 0.739. The Morgan fingerprint density at radius 2 is 2.00 bits per heavy atom. The molecule has 1 atom stereocenters. The Hall–Kier alpha value is -2.19. The summed E-state index contributed by atoms with van der Waals surface area (Å²) < 4.78 is 29.0. The summed E-state index contributed by atoms with van der Waals surface area (Å²) in [5, 5.41) is 13.7. The maximum Gasteiger partial charge on any atom is 0.173 e.